The third-order valence-electron chi connectivity index (χ3n) is 4.47. The summed E-state index contributed by atoms with van der Waals surface area (Å²) in [6.07, 6.45) is 1.35. The lowest BCUT2D eigenvalue weighted by molar-refractivity contribution is -0.384. The lowest BCUT2D eigenvalue weighted by Crippen LogP contribution is -2.24. The van der Waals surface area contributed by atoms with Crippen LogP contribution in [0, 0.1) is 21.4 Å². The number of hydrogen-bond donors (Lipinski definition) is 1. The normalized spacial score (nSPS) is 10.3. The fourth-order valence-corrected chi connectivity index (χ4v) is 2.77. The Bertz CT molecular complexity index is 1310. The van der Waals surface area contributed by atoms with Gasteiger partial charge in [-0.15, -0.1) is 0 Å². The molecule has 0 aliphatic rings. The van der Waals surface area contributed by atoms with E-state index in [1.54, 1.807) is 30.3 Å². The van der Waals surface area contributed by atoms with Crippen LogP contribution >= 0.6 is 0 Å². The average molecular weight is 474 g/mol. The highest BCUT2D eigenvalue weighted by Gasteiger charge is 2.14. The SMILES string of the molecule is COc1cc(C=NNC(=O)COc2ccccc2C#N)ccc1OC(=O)c1ccc([N+](=O)[O-])cc1. The van der Waals surface area contributed by atoms with Gasteiger partial charge in [-0.2, -0.15) is 10.4 Å². The second kappa shape index (κ2) is 11.6. The number of nitriles is 1. The molecule has 0 radical (unpaired) electrons. The van der Waals surface area contributed by atoms with Gasteiger partial charge in [0.15, 0.2) is 18.1 Å². The van der Waals surface area contributed by atoms with Crippen LogP contribution in [0.3, 0.4) is 0 Å². The molecule has 3 aromatic carbocycles. The molecule has 11 nitrogen and oxygen atoms in total. The minimum Gasteiger partial charge on any atom is -0.493 e. The molecule has 0 spiro atoms. The number of benzene rings is 3. The smallest absolute Gasteiger partial charge is 0.343 e. The highest BCUT2D eigenvalue weighted by Crippen LogP contribution is 2.28. The van der Waals surface area contributed by atoms with Gasteiger partial charge in [0.05, 0.1) is 29.4 Å². The van der Waals surface area contributed by atoms with E-state index in [-0.39, 0.29) is 35.1 Å². The van der Waals surface area contributed by atoms with Gasteiger partial charge in [0.2, 0.25) is 0 Å². The number of carbonyl (C=O) groups excluding carboxylic acids is 2. The monoisotopic (exact) mass is 474 g/mol. The summed E-state index contributed by atoms with van der Waals surface area (Å²) < 4.78 is 15.9. The first kappa shape index (κ1) is 24.4. The maximum atomic E-state index is 12.3. The molecule has 3 aromatic rings. The number of nitro groups is 1. The standard InChI is InChI=1S/C24H18N4O7/c1-33-22-12-16(14-26-27-23(29)15-34-20-5-3-2-4-18(20)13-25)6-11-21(22)35-24(30)17-7-9-19(10-8-17)28(31)32/h2-12,14H,15H2,1H3,(H,27,29). The molecular formula is C24H18N4O7. The largest absolute Gasteiger partial charge is 0.493 e. The highest BCUT2D eigenvalue weighted by molar-refractivity contribution is 5.92. The Kier molecular flexibility index (Phi) is 8.07. The molecule has 0 aliphatic heterocycles. The van der Waals surface area contributed by atoms with Crippen molar-refractivity contribution in [1.82, 2.24) is 5.43 Å². The lowest BCUT2D eigenvalue weighted by Gasteiger charge is -2.10. The molecule has 0 aliphatic carbocycles. The summed E-state index contributed by atoms with van der Waals surface area (Å²) in [6.45, 7) is -0.336. The minimum absolute atomic E-state index is 0.126. The molecule has 0 fully saturated rings. The Morgan fingerprint density at radius 3 is 2.51 bits per heavy atom. The predicted octanol–water partition coefficient (Wildman–Crippen LogP) is 3.22. The zero-order valence-electron chi connectivity index (χ0n) is 18.3. The van der Waals surface area contributed by atoms with E-state index in [0.29, 0.717) is 11.1 Å². The molecule has 0 atom stereocenters. The molecule has 0 unspecified atom stereocenters. The first-order valence-corrected chi connectivity index (χ1v) is 9.99. The number of hydrazone groups is 1. The predicted molar refractivity (Wildman–Crippen MR) is 123 cm³/mol. The summed E-state index contributed by atoms with van der Waals surface area (Å²) in [4.78, 5) is 34.5. The molecule has 0 saturated carbocycles. The minimum atomic E-state index is -0.718. The molecule has 1 N–H and O–H groups in total. The van der Waals surface area contributed by atoms with E-state index in [1.807, 2.05) is 6.07 Å². The first-order chi connectivity index (χ1) is 16.9. The Morgan fingerprint density at radius 1 is 1.09 bits per heavy atom. The topological polar surface area (TPSA) is 153 Å². The molecule has 1 amide bonds. The Balaban J connectivity index is 1.58. The number of methoxy groups -OCH3 is 1. The number of esters is 1. The first-order valence-electron chi connectivity index (χ1n) is 9.99. The van der Waals surface area contributed by atoms with Gasteiger partial charge in [-0.3, -0.25) is 14.9 Å². The van der Waals surface area contributed by atoms with Crippen molar-refractivity contribution in [1.29, 1.82) is 5.26 Å². The molecule has 0 bridgehead atoms. The Hall–Kier alpha value is -5.24. The van der Waals surface area contributed by atoms with Crippen LogP contribution in [0.4, 0.5) is 5.69 Å². The molecule has 176 valence electrons. The van der Waals surface area contributed by atoms with Crippen molar-refractivity contribution in [3.63, 3.8) is 0 Å². The number of nitrogens with one attached hydrogen (secondary N) is 1. The number of nitro benzene ring substituents is 1. The van der Waals surface area contributed by atoms with Crippen molar-refractivity contribution in [2.45, 2.75) is 0 Å². The molecule has 0 heterocycles. The van der Waals surface area contributed by atoms with Gasteiger partial charge < -0.3 is 14.2 Å². The van der Waals surface area contributed by atoms with Gasteiger partial charge in [-0.05, 0) is 48.0 Å². The van der Waals surface area contributed by atoms with E-state index in [0.717, 1.165) is 0 Å². The molecule has 3 rings (SSSR count). The summed E-state index contributed by atoms with van der Waals surface area (Å²) in [7, 11) is 1.39. The number of para-hydroxylation sites is 1. The van der Waals surface area contributed by atoms with Crippen molar-refractivity contribution in [3.8, 4) is 23.3 Å². The summed E-state index contributed by atoms with van der Waals surface area (Å²) in [5.74, 6) is -0.606. The van der Waals surface area contributed by atoms with Crippen molar-refractivity contribution in [2.24, 2.45) is 5.10 Å². The maximum Gasteiger partial charge on any atom is 0.343 e. The average Bonchev–Trinajstić information content (AvgIpc) is 2.88. The van der Waals surface area contributed by atoms with E-state index in [1.165, 1.54) is 49.7 Å². The van der Waals surface area contributed by atoms with Crippen LogP contribution in [0.25, 0.3) is 0 Å². The van der Waals surface area contributed by atoms with E-state index >= 15 is 0 Å². The highest BCUT2D eigenvalue weighted by atomic mass is 16.6. The number of ether oxygens (including phenoxy) is 3. The number of carbonyl (C=O) groups is 2. The van der Waals surface area contributed by atoms with Crippen LogP contribution in [0.1, 0.15) is 21.5 Å². The maximum absolute atomic E-state index is 12.3. The fourth-order valence-electron chi connectivity index (χ4n) is 2.77. The van der Waals surface area contributed by atoms with E-state index in [2.05, 4.69) is 10.5 Å². The van der Waals surface area contributed by atoms with Gasteiger partial charge in [0, 0.05) is 12.1 Å². The second-order valence-corrected chi connectivity index (χ2v) is 6.79. The van der Waals surface area contributed by atoms with Gasteiger partial charge in [-0.1, -0.05) is 12.1 Å². The van der Waals surface area contributed by atoms with Crippen LogP contribution in [0.15, 0.2) is 71.8 Å². The molecule has 11 heteroatoms. The summed E-state index contributed by atoms with van der Waals surface area (Å²) in [5.41, 5.74) is 3.14. The van der Waals surface area contributed by atoms with Crippen molar-refractivity contribution in [3.05, 3.63) is 93.5 Å². The Morgan fingerprint density at radius 2 is 1.83 bits per heavy atom. The third kappa shape index (κ3) is 6.62. The number of hydrogen-bond acceptors (Lipinski definition) is 9. The quantitative estimate of drug-likeness (QED) is 0.163. The third-order valence-corrected chi connectivity index (χ3v) is 4.47. The van der Waals surface area contributed by atoms with E-state index in [4.69, 9.17) is 19.5 Å². The summed E-state index contributed by atoms with van der Waals surface area (Å²) in [6, 6.07) is 18.1. The van der Waals surface area contributed by atoms with Crippen molar-refractivity contribution < 1.29 is 28.7 Å². The second-order valence-electron chi connectivity index (χ2n) is 6.79. The molecule has 0 aromatic heterocycles. The molecular weight excluding hydrogens is 456 g/mol. The van der Waals surface area contributed by atoms with Crippen molar-refractivity contribution in [2.75, 3.05) is 13.7 Å². The van der Waals surface area contributed by atoms with Gasteiger partial charge in [0.25, 0.3) is 11.6 Å². The zero-order valence-corrected chi connectivity index (χ0v) is 18.3. The van der Waals surface area contributed by atoms with Crippen molar-refractivity contribution >= 4 is 23.8 Å². The Labute approximate surface area is 199 Å². The molecule has 35 heavy (non-hydrogen) atoms. The lowest BCUT2D eigenvalue weighted by atomic mass is 10.2. The van der Waals surface area contributed by atoms with Gasteiger partial charge in [-0.25, -0.2) is 10.2 Å². The van der Waals surface area contributed by atoms with Crippen LogP contribution < -0.4 is 19.6 Å². The van der Waals surface area contributed by atoms with Crippen LogP contribution in [-0.4, -0.2) is 36.7 Å². The number of rotatable bonds is 9. The van der Waals surface area contributed by atoms with E-state index < -0.39 is 16.8 Å². The van der Waals surface area contributed by atoms with E-state index in [9.17, 15) is 19.7 Å². The number of nitrogens with zero attached hydrogens (tertiary/aromatic N) is 3. The number of amides is 1. The van der Waals surface area contributed by atoms with Crippen LogP contribution in [0.2, 0.25) is 0 Å². The van der Waals surface area contributed by atoms with Gasteiger partial charge in [0.1, 0.15) is 11.8 Å². The summed E-state index contributed by atoms with van der Waals surface area (Å²) >= 11 is 0. The fraction of sp³-hybridized carbons (Fsp3) is 0.0833. The van der Waals surface area contributed by atoms with Crippen LogP contribution in [-0.2, 0) is 4.79 Å². The van der Waals surface area contributed by atoms with Gasteiger partial charge >= 0.3 is 5.97 Å². The zero-order chi connectivity index (χ0) is 25.2. The summed E-state index contributed by atoms with van der Waals surface area (Å²) in [5, 5.41) is 23.6. The molecule has 0 saturated heterocycles. The number of non-ortho nitro benzene ring substituents is 1. The van der Waals surface area contributed by atoms with Crippen LogP contribution in [0.5, 0.6) is 17.2 Å².